The first-order chi connectivity index (χ1) is 4.79. The summed E-state index contributed by atoms with van der Waals surface area (Å²) in [4.78, 5) is 12.1. The van der Waals surface area contributed by atoms with Crippen molar-refractivity contribution < 1.29 is 9.69 Å². The van der Waals surface area contributed by atoms with E-state index in [0.29, 0.717) is 12.3 Å². The summed E-state index contributed by atoms with van der Waals surface area (Å²) in [5, 5.41) is 3.26. The van der Waals surface area contributed by atoms with Gasteiger partial charge in [-0.25, -0.2) is 0 Å². The van der Waals surface area contributed by atoms with Gasteiger partial charge >= 0.3 is 0 Å². The summed E-state index contributed by atoms with van der Waals surface area (Å²) in [6.45, 7) is 6.68. The lowest BCUT2D eigenvalue weighted by Gasteiger charge is -2.22. The third-order valence-electron chi connectivity index (χ3n) is 1.81. The number of rotatable bonds is 2. The predicted molar refractivity (Wildman–Crippen MR) is 39.1 cm³/mol. The largest absolute Gasteiger partial charge is 0.327 e. The molecule has 0 bridgehead atoms. The Morgan fingerprint density at radius 2 is 2.10 bits per heavy atom. The van der Waals surface area contributed by atoms with Crippen molar-refractivity contribution in [3.8, 4) is 0 Å². The van der Waals surface area contributed by atoms with Crippen molar-refractivity contribution in [2.24, 2.45) is 0 Å². The van der Waals surface area contributed by atoms with Gasteiger partial charge in [-0.1, -0.05) is 0 Å². The lowest BCUT2D eigenvalue weighted by Crippen LogP contribution is -3.15. The molecule has 0 atom stereocenters. The standard InChI is InChI=1S/C7H14N2O/c1-7(10)6-9-4-2-8-3-5-9/h8H,2-6H2,1H3/p+1. The molecule has 1 heterocycles. The van der Waals surface area contributed by atoms with E-state index in [1.165, 1.54) is 4.90 Å². The zero-order valence-corrected chi connectivity index (χ0v) is 6.44. The molecule has 0 aliphatic carbocycles. The molecule has 0 saturated carbocycles. The molecule has 3 nitrogen and oxygen atoms in total. The van der Waals surface area contributed by atoms with E-state index in [1.54, 1.807) is 6.92 Å². The Kier molecular flexibility index (Phi) is 2.83. The van der Waals surface area contributed by atoms with E-state index >= 15 is 0 Å². The van der Waals surface area contributed by atoms with Crippen LogP contribution in [0.15, 0.2) is 0 Å². The van der Waals surface area contributed by atoms with Crippen molar-refractivity contribution in [3.63, 3.8) is 0 Å². The highest BCUT2D eigenvalue weighted by Gasteiger charge is 2.13. The lowest BCUT2D eigenvalue weighted by molar-refractivity contribution is -0.893. The molecule has 1 fully saturated rings. The second-order valence-electron chi connectivity index (χ2n) is 2.88. The number of Topliss-reactive ketones (excluding diaryl/α,β-unsaturated/α-hetero) is 1. The van der Waals surface area contributed by atoms with Crippen LogP contribution in [-0.4, -0.2) is 38.5 Å². The molecule has 1 saturated heterocycles. The number of hydrogen-bond acceptors (Lipinski definition) is 2. The number of hydrogen-bond donors (Lipinski definition) is 2. The summed E-state index contributed by atoms with van der Waals surface area (Å²) in [6, 6.07) is 0. The van der Waals surface area contributed by atoms with E-state index in [2.05, 4.69) is 5.32 Å². The number of carbonyl (C=O) groups is 1. The Bertz CT molecular complexity index is 119. The smallest absolute Gasteiger partial charge is 0.183 e. The minimum atomic E-state index is 0.303. The highest BCUT2D eigenvalue weighted by atomic mass is 16.1. The number of carbonyl (C=O) groups excluding carboxylic acids is 1. The molecule has 0 amide bonds. The first-order valence-corrected chi connectivity index (χ1v) is 3.83. The van der Waals surface area contributed by atoms with Crippen molar-refractivity contribution >= 4 is 5.78 Å². The van der Waals surface area contributed by atoms with Gasteiger partial charge in [0.1, 0.15) is 6.54 Å². The topological polar surface area (TPSA) is 33.5 Å². The number of nitrogens with one attached hydrogen (secondary N) is 2. The van der Waals surface area contributed by atoms with E-state index in [0.717, 1.165) is 26.2 Å². The average molecular weight is 143 g/mol. The molecule has 0 aromatic carbocycles. The van der Waals surface area contributed by atoms with Crippen molar-refractivity contribution in [2.75, 3.05) is 32.7 Å². The molecule has 10 heavy (non-hydrogen) atoms. The predicted octanol–water partition coefficient (Wildman–Crippen LogP) is -1.94. The van der Waals surface area contributed by atoms with Crippen LogP contribution in [0.3, 0.4) is 0 Å². The molecular weight excluding hydrogens is 128 g/mol. The minimum absolute atomic E-state index is 0.303. The lowest BCUT2D eigenvalue weighted by atomic mass is 10.3. The Morgan fingerprint density at radius 3 is 2.60 bits per heavy atom. The van der Waals surface area contributed by atoms with E-state index < -0.39 is 0 Å². The fraction of sp³-hybridized carbons (Fsp3) is 0.857. The summed E-state index contributed by atoms with van der Waals surface area (Å²) in [7, 11) is 0. The van der Waals surface area contributed by atoms with Crippen LogP contribution in [0.25, 0.3) is 0 Å². The van der Waals surface area contributed by atoms with Crippen LogP contribution >= 0.6 is 0 Å². The number of ketones is 1. The van der Waals surface area contributed by atoms with E-state index in [-0.39, 0.29) is 0 Å². The maximum atomic E-state index is 10.7. The second kappa shape index (κ2) is 3.68. The number of quaternary nitrogens is 1. The summed E-state index contributed by atoms with van der Waals surface area (Å²) < 4.78 is 0. The van der Waals surface area contributed by atoms with Crippen LogP contribution in [0.1, 0.15) is 6.92 Å². The average Bonchev–Trinajstić information content (AvgIpc) is 1.88. The van der Waals surface area contributed by atoms with Crippen LogP contribution in [-0.2, 0) is 4.79 Å². The van der Waals surface area contributed by atoms with Gasteiger partial charge in [0.05, 0.1) is 13.1 Å². The number of piperazine rings is 1. The van der Waals surface area contributed by atoms with Crippen LogP contribution in [0, 0.1) is 0 Å². The van der Waals surface area contributed by atoms with Crippen molar-refractivity contribution in [1.29, 1.82) is 0 Å². The molecule has 2 N–H and O–H groups in total. The molecule has 58 valence electrons. The van der Waals surface area contributed by atoms with Gasteiger partial charge in [-0.2, -0.15) is 0 Å². The summed E-state index contributed by atoms with van der Waals surface area (Å²) in [5.74, 6) is 0.303. The van der Waals surface area contributed by atoms with Crippen LogP contribution in [0.2, 0.25) is 0 Å². The first-order valence-electron chi connectivity index (χ1n) is 3.83. The monoisotopic (exact) mass is 143 g/mol. The minimum Gasteiger partial charge on any atom is -0.327 e. The third-order valence-corrected chi connectivity index (χ3v) is 1.81. The van der Waals surface area contributed by atoms with Crippen LogP contribution in [0.5, 0.6) is 0 Å². The molecule has 0 spiro atoms. The van der Waals surface area contributed by atoms with Crippen LogP contribution < -0.4 is 10.2 Å². The van der Waals surface area contributed by atoms with Gasteiger partial charge in [-0.3, -0.25) is 4.79 Å². The SMILES string of the molecule is CC(=O)C[NH+]1CCNCC1. The Labute approximate surface area is 61.4 Å². The maximum Gasteiger partial charge on any atom is 0.183 e. The van der Waals surface area contributed by atoms with Crippen LogP contribution in [0.4, 0.5) is 0 Å². The fourth-order valence-corrected chi connectivity index (χ4v) is 1.31. The molecule has 1 aliphatic rings. The summed E-state index contributed by atoms with van der Waals surface area (Å²) in [6.07, 6.45) is 0. The molecule has 1 aliphatic heterocycles. The molecule has 3 heteroatoms. The van der Waals surface area contributed by atoms with Crippen molar-refractivity contribution in [1.82, 2.24) is 5.32 Å². The van der Waals surface area contributed by atoms with Crippen molar-refractivity contribution in [2.45, 2.75) is 6.92 Å². The van der Waals surface area contributed by atoms with Gasteiger partial charge in [0.15, 0.2) is 5.78 Å². The zero-order valence-electron chi connectivity index (χ0n) is 6.44. The van der Waals surface area contributed by atoms with E-state index in [4.69, 9.17) is 0 Å². The van der Waals surface area contributed by atoms with E-state index in [1.807, 2.05) is 0 Å². The van der Waals surface area contributed by atoms with E-state index in [9.17, 15) is 4.79 Å². The Hall–Kier alpha value is -0.410. The van der Waals surface area contributed by atoms with Gasteiger partial charge in [0.25, 0.3) is 0 Å². The first kappa shape index (κ1) is 7.69. The Balaban J connectivity index is 2.19. The molecular formula is C7H15N2O+. The Morgan fingerprint density at radius 1 is 1.50 bits per heavy atom. The molecule has 0 unspecified atom stereocenters. The highest BCUT2D eigenvalue weighted by Crippen LogP contribution is 1.65. The summed E-state index contributed by atoms with van der Waals surface area (Å²) >= 11 is 0. The summed E-state index contributed by atoms with van der Waals surface area (Å²) in [5.41, 5.74) is 0. The fourth-order valence-electron chi connectivity index (χ4n) is 1.31. The molecule has 1 rings (SSSR count). The van der Waals surface area contributed by atoms with Gasteiger partial charge < -0.3 is 10.2 Å². The van der Waals surface area contributed by atoms with Gasteiger partial charge in [-0.05, 0) is 0 Å². The second-order valence-corrected chi connectivity index (χ2v) is 2.88. The van der Waals surface area contributed by atoms with Gasteiger partial charge in [-0.15, -0.1) is 0 Å². The van der Waals surface area contributed by atoms with Crippen molar-refractivity contribution in [3.05, 3.63) is 0 Å². The quantitative estimate of drug-likeness (QED) is 0.472. The normalized spacial score (nSPS) is 20.9. The molecule has 0 aromatic heterocycles. The molecule has 0 aromatic rings. The third kappa shape index (κ3) is 2.45. The van der Waals surface area contributed by atoms with Gasteiger partial charge in [0, 0.05) is 20.0 Å². The maximum absolute atomic E-state index is 10.7. The zero-order chi connectivity index (χ0) is 7.40. The molecule has 0 radical (unpaired) electrons. The highest BCUT2D eigenvalue weighted by molar-refractivity contribution is 5.76. The van der Waals surface area contributed by atoms with Gasteiger partial charge in [0.2, 0.25) is 0 Å².